The molecule has 2 aromatic rings. The molecule has 3 aliphatic rings. The predicted octanol–water partition coefficient (Wildman–Crippen LogP) is 3.14. The van der Waals surface area contributed by atoms with Crippen molar-refractivity contribution in [3.63, 3.8) is 0 Å². The standard InChI is InChI=1S/C23H23N5O2/c1-15-8-7-9-17(12-15)14-27-21(29)19-20(25(3)23(27)30)24-22-26(19)13-16(2)28(22)18-10-5-4-6-11-18/h4-13,19-20H,14H2,1-3H3. The average Bonchev–Trinajstić information content (AvgIpc) is 3.25. The van der Waals surface area contributed by atoms with Crippen molar-refractivity contribution in [3.05, 3.63) is 77.6 Å². The molecule has 0 spiro atoms. The minimum atomic E-state index is -0.559. The van der Waals surface area contributed by atoms with Gasteiger partial charge in [-0.25, -0.2) is 9.79 Å². The van der Waals surface area contributed by atoms with Crippen molar-refractivity contribution in [2.45, 2.75) is 32.6 Å². The van der Waals surface area contributed by atoms with Gasteiger partial charge in [0.15, 0.2) is 12.2 Å². The SMILES string of the molecule is CC1=CN2C(=NC3C2C(=O)N(Cc2cccc(C)c2)C(=O)N3C)N1c1ccccc1. The molecular weight excluding hydrogens is 378 g/mol. The summed E-state index contributed by atoms with van der Waals surface area (Å²) in [6, 6.07) is 16.9. The number of hydrogen-bond acceptors (Lipinski definition) is 5. The first-order chi connectivity index (χ1) is 14.5. The molecule has 2 unspecified atom stereocenters. The first-order valence-corrected chi connectivity index (χ1v) is 9.99. The monoisotopic (exact) mass is 401 g/mol. The molecule has 1 saturated heterocycles. The molecule has 0 radical (unpaired) electrons. The van der Waals surface area contributed by atoms with Crippen LogP contribution in [0, 0.1) is 6.92 Å². The highest BCUT2D eigenvalue weighted by molar-refractivity contribution is 6.09. The van der Waals surface area contributed by atoms with Crippen LogP contribution in [0.3, 0.4) is 0 Å². The number of rotatable bonds is 3. The first kappa shape index (κ1) is 18.4. The van der Waals surface area contributed by atoms with Crippen molar-refractivity contribution in [2.75, 3.05) is 11.9 Å². The Labute approximate surface area is 175 Å². The molecule has 0 N–H and O–H groups in total. The Bertz CT molecular complexity index is 1090. The fourth-order valence-corrected chi connectivity index (χ4v) is 4.39. The van der Waals surface area contributed by atoms with Gasteiger partial charge in [-0.1, -0.05) is 48.0 Å². The van der Waals surface area contributed by atoms with E-state index < -0.39 is 12.2 Å². The third kappa shape index (κ3) is 2.69. The van der Waals surface area contributed by atoms with Gasteiger partial charge in [0, 0.05) is 24.6 Å². The van der Waals surface area contributed by atoms with Crippen LogP contribution in [0.25, 0.3) is 0 Å². The summed E-state index contributed by atoms with van der Waals surface area (Å²) >= 11 is 0. The number of benzene rings is 2. The van der Waals surface area contributed by atoms with Crippen LogP contribution in [-0.2, 0) is 11.3 Å². The third-order valence-corrected chi connectivity index (χ3v) is 5.83. The summed E-state index contributed by atoms with van der Waals surface area (Å²) in [7, 11) is 1.71. The highest BCUT2D eigenvalue weighted by Crippen LogP contribution is 2.36. The summed E-state index contributed by atoms with van der Waals surface area (Å²) in [6.45, 7) is 4.25. The van der Waals surface area contributed by atoms with Crippen LogP contribution >= 0.6 is 0 Å². The number of guanidine groups is 1. The lowest BCUT2D eigenvalue weighted by Gasteiger charge is -2.40. The van der Waals surface area contributed by atoms with Crippen molar-refractivity contribution < 1.29 is 9.59 Å². The number of imide groups is 1. The molecule has 5 rings (SSSR count). The number of aliphatic imine (C=N–C) groups is 1. The molecule has 0 aromatic heterocycles. The molecular formula is C23H23N5O2. The van der Waals surface area contributed by atoms with Crippen LogP contribution in [0.2, 0.25) is 0 Å². The summed E-state index contributed by atoms with van der Waals surface area (Å²) in [5.41, 5.74) is 3.99. The van der Waals surface area contributed by atoms with Crippen LogP contribution in [0.4, 0.5) is 10.5 Å². The molecule has 7 heteroatoms. The van der Waals surface area contributed by atoms with E-state index in [1.165, 1.54) is 4.90 Å². The van der Waals surface area contributed by atoms with E-state index in [-0.39, 0.29) is 18.5 Å². The first-order valence-electron chi connectivity index (χ1n) is 9.99. The molecule has 2 aromatic carbocycles. The molecule has 0 saturated carbocycles. The van der Waals surface area contributed by atoms with E-state index in [0.29, 0.717) is 5.96 Å². The Balaban J connectivity index is 1.48. The number of anilines is 1. The normalized spacial score (nSPS) is 22.9. The van der Waals surface area contributed by atoms with Gasteiger partial charge in [0.05, 0.1) is 6.54 Å². The number of fused-ring (bicyclic) bond motifs is 3. The van der Waals surface area contributed by atoms with E-state index in [1.807, 2.05) is 84.4 Å². The molecule has 1 fully saturated rings. The molecule has 3 heterocycles. The highest BCUT2D eigenvalue weighted by atomic mass is 16.2. The molecule has 3 amide bonds. The average molecular weight is 401 g/mol. The maximum absolute atomic E-state index is 13.5. The lowest BCUT2D eigenvalue weighted by Crippen LogP contribution is -2.63. The molecule has 3 aliphatic heterocycles. The van der Waals surface area contributed by atoms with Gasteiger partial charge in [-0.2, -0.15) is 0 Å². The van der Waals surface area contributed by atoms with Crippen LogP contribution in [0.15, 0.2) is 71.5 Å². The van der Waals surface area contributed by atoms with Gasteiger partial charge >= 0.3 is 6.03 Å². The molecule has 0 bridgehead atoms. The number of hydrogen-bond donors (Lipinski definition) is 0. The lowest BCUT2D eigenvalue weighted by molar-refractivity contribution is -0.137. The number of para-hydroxylation sites is 1. The summed E-state index contributed by atoms with van der Waals surface area (Å²) in [5.74, 6) is 0.460. The number of carbonyl (C=O) groups is 2. The highest BCUT2D eigenvalue weighted by Gasteiger charge is 2.54. The summed E-state index contributed by atoms with van der Waals surface area (Å²) in [5, 5.41) is 0. The number of allylic oxidation sites excluding steroid dienone is 1. The third-order valence-electron chi connectivity index (χ3n) is 5.83. The van der Waals surface area contributed by atoms with Crippen molar-refractivity contribution in [1.82, 2.24) is 14.7 Å². The zero-order valence-electron chi connectivity index (χ0n) is 17.2. The van der Waals surface area contributed by atoms with Gasteiger partial charge < -0.3 is 9.80 Å². The summed E-state index contributed by atoms with van der Waals surface area (Å²) < 4.78 is 0. The minimum absolute atomic E-state index is 0.220. The zero-order valence-corrected chi connectivity index (χ0v) is 17.2. The zero-order chi connectivity index (χ0) is 21.0. The smallest absolute Gasteiger partial charge is 0.302 e. The predicted molar refractivity (Wildman–Crippen MR) is 114 cm³/mol. The molecule has 0 aliphatic carbocycles. The Morgan fingerprint density at radius 2 is 1.77 bits per heavy atom. The Hall–Kier alpha value is -3.61. The van der Waals surface area contributed by atoms with Crippen LogP contribution in [-0.4, -0.2) is 51.9 Å². The number of nitrogens with zero attached hydrogens (tertiary/aromatic N) is 5. The van der Waals surface area contributed by atoms with E-state index in [1.54, 1.807) is 11.9 Å². The van der Waals surface area contributed by atoms with Crippen molar-refractivity contribution in [1.29, 1.82) is 0 Å². The Morgan fingerprint density at radius 1 is 1.00 bits per heavy atom. The largest absolute Gasteiger partial charge is 0.328 e. The number of urea groups is 1. The molecule has 152 valence electrons. The fourth-order valence-electron chi connectivity index (χ4n) is 4.39. The number of amides is 3. The number of carbonyl (C=O) groups excluding carboxylic acids is 2. The second kappa shape index (κ2) is 6.73. The number of likely N-dealkylation sites (N-methyl/N-ethyl adjacent to an activating group) is 1. The van der Waals surface area contributed by atoms with Crippen molar-refractivity contribution in [2.24, 2.45) is 4.99 Å². The van der Waals surface area contributed by atoms with Gasteiger partial charge in [-0.15, -0.1) is 0 Å². The van der Waals surface area contributed by atoms with Gasteiger partial charge in [0.2, 0.25) is 5.96 Å². The van der Waals surface area contributed by atoms with Gasteiger partial charge in [0.1, 0.15) is 0 Å². The topological polar surface area (TPSA) is 59.5 Å². The maximum atomic E-state index is 13.5. The van der Waals surface area contributed by atoms with Crippen molar-refractivity contribution in [3.8, 4) is 0 Å². The number of aryl methyl sites for hydroxylation is 1. The Kier molecular flexibility index (Phi) is 4.13. The van der Waals surface area contributed by atoms with Gasteiger partial charge in [-0.05, 0) is 31.5 Å². The van der Waals surface area contributed by atoms with E-state index in [9.17, 15) is 9.59 Å². The Morgan fingerprint density at radius 3 is 2.50 bits per heavy atom. The molecule has 2 atom stereocenters. The van der Waals surface area contributed by atoms with E-state index in [2.05, 4.69) is 0 Å². The molecule has 30 heavy (non-hydrogen) atoms. The molecule has 7 nitrogen and oxygen atoms in total. The van der Waals surface area contributed by atoms with E-state index in [0.717, 1.165) is 22.5 Å². The van der Waals surface area contributed by atoms with Crippen LogP contribution in [0.5, 0.6) is 0 Å². The van der Waals surface area contributed by atoms with Crippen LogP contribution < -0.4 is 4.90 Å². The second-order valence-electron chi connectivity index (χ2n) is 7.94. The van der Waals surface area contributed by atoms with E-state index in [4.69, 9.17) is 4.99 Å². The second-order valence-corrected chi connectivity index (χ2v) is 7.94. The van der Waals surface area contributed by atoms with Crippen molar-refractivity contribution >= 4 is 23.6 Å². The fraction of sp³-hybridized carbons (Fsp3) is 0.261. The van der Waals surface area contributed by atoms with Gasteiger partial charge in [-0.3, -0.25) is 14.6 Å². The van der Waals surface area contributed by atoms with Crippen LogP contribution in [0.1, 0.15) is 18.1 Å². The quantitative estimate of drug-likeness (QED) is 0.793. The van der Waals surface area contributed by atoms with E-state index >= 15 is 0 Å². The minimum Gasteiger partial charge on any atom is -0.302 e. The summed E-state index contributed by atoms with van der Waals surface area (Å²) in [4.78, 5) is 38.1. The lowest BCUT2D eigenvalue weighted by atomic mass is 10.1. The summed E-state index contributed by atoms with van der Waals surface area (Å²) in [6.07, 6.45) is 1.41. The van der Waals surface area contributed by atoms with Gasteiger partial charge in [0.25, 0.3) is 5.91 Å². The maximum Gasteiger partial charge on any atom is 0.328 e.